The molecule has 2 aromatic rings. The molecule has 2 heterocycles. The van der Waals surface area contributed by atoms with Crippen LogP contribution >= 0.6 is 11.8 Å². The van der Waals surface area contributed by atoms with Crippen LogP contribution < -0.4 is 5.73 Å². The molecule has 2 aromatic heterocycles. The lowest BCUT2D eigenvalue weighted by molar-refractivity contribution is 0.382. The van der Waals surface area contributed by atoms with Crippen LogP contribution in [0.1, 0.15) is 25.6 Å². The van der Waals surface area contributed by atoms with Crippen LogP contribution in [0, 0.1) is 5.92 Å². The molecule has 0 aliphatic carbocycles. The SMILES string of the molecule is CC(C)Cc1noc(CSc2nnc(N)n2C)n1. The van der Waals surface area contributed by atoms with Crippen LogP contribution in [0.3, 0.4) is 0 Å². The Hall–Kier alpha value is -1.57. The number of nitrogens with two attached hydrogens (primary N) is 1. The molecule has 18 heavy (non-hydrogen) atoms. The van der Waals surface area contributed by atoms with Gasteiger partial charge in [0.15, 0.2) is 11.0 Å². The summed E-state index contributed by atoms with van der Waals surface area (Å²) in [5.74, 6) is 2.82. The zero-order chi connectivity index (χ0) is 13.1. The van der Waals surface area contributed by atoms with Gasteiger partial charge in [-0.05, 0) is 5.92 Å². The van der Waals surface area contributed by atoms with Gasteiger partial charge < -0.3 is 10.3 Å². The first-order valence-electron chi connectivity index (χ1n) is 5.65. The third kappa shape index (κ3) is 3.00. The van der Waals surface area contributed by atoms with Gasteiger partial charge in [-0.1, -0.05) is 30.8 Å². The summed E-state index contributed by atoms with van der Waals surface area (Å²) >= 11 is 1.47. The molecule has 98 valence electrons. The first-order chi connectivity index (χ1) is 8.56. The lowest BCUT2D eigenvalue weighted by Crippen LogP contribution is -1.98. The fraction of sp³-hybridized carbons (Fsp3) is 0.600. The molecule has 0 aliphatic rings. The van der Waals surface area contributed by atoms with Gasteiger partial charge in [0.1, 0.15) is 0 Å². The number of nitrogen functional groups attached to an aromatic ring is 1. The average molecular weight is 268 g/mol. The molecule has 0 saturated carbocycles. The standard InChI is InChI=1S/C10H16N6OS/c1-6(2)4-7-12-8(17-15-7)5-18-10-14-13-9(11)16(10)3/h6H,4-5H2,1-3H3,(H2,11,13). The molecule has 0 fully saturated rings. The Balaban J connectivity index is 1.94. The molecule has 0 saturated heterocycles. The summed E-state index contributed by atoms with van der Waals surface area (Å²) < 4.78 is 6.88. The van der Waals surface area contributed by atoms with Crippen molar-refractivity contribution in [2.75, 3.05) is 5.73 Å². The molecule has 0 bridgehead atoms. The maximum absolute atomic E-state index is 5.59. The molecule has 0 amide bonds. The van der Waals surface area contributed by atoms with Crippen LogP contribution in [0.15, 0.2) is 9.68 Å². The van der Waals surface area contributed by atoms with Crippen LogP contribution in [0.2, 0.25) is 0 Å². The van der Waals surface area contributed by atoms with E-state index in [-0.39, 0.29) is 0 Å². The van der Waals surface area contributed by atoms with Crippen molar-refractivity contribution in [3.05, 3.63) is 11.7 Å². The molecule has 7 nitrogen and oxygen atoms in total. The predicted molar refractivity (Wildman–Crippen MR) is 67.8 cm³/mol. The van der Waals surface area contributed by atoms with E-state index in [0.717, 1.165) is 17.4 Å². The fourth-order valence-electron chi connectivity index (χ4n) is 1.37. The number of nitrogens with zero attached hydrogens (tertiary/aromatic N) is 5. The van der Waals surface area contributed by atoms with Crippen LogP contribution in [0.5, 0.6) is 0 Å². The number of anilines is 1. The topological polar surface area (TPSA) is 95.6 Å². The first-order valence-corrected chi connectivity index (χ1v) is 6.64. The predicted octanol–water partition coefficient (Wildman–Crippen LogP) is 1.27. The maximum atomic E-state index is 5.59. The van der Waals surface area contributed by atoms with E-state index in [4.69, 9.17) is 10.3 Å². The Morgan fingerprint density at radius 1 is 1.39 bits per heavy atom. The van der Waals surface area contributed by atoms with E-state index in [0.29, 0.717) is 23.5 Å². The van der Waals surface area contributed by atoms with Crippen LogP contribution in [0.4, 0.5) is 5.95 Å². The van der Waals surface area contributed by atoms with Gasteiger partial charge >= 0.3 is 0 Å². The van der Waals surface area contributed by atoms with Gasteiger partial charge in [-0.2, -0.15) is 4.98 Å². The van der Waals surface area contributed by atoms with E-state index in [1.807, 2.05) is 7.05 Å². The molecule has 0 aliphatic heterocycles. The third-order valence-electron chi connectivity index (χ3n) is 2.29. The van der Waals surface area contributed by atoms with Crippen molar-refractivity contribution in [2.24, 2.45) is 13.0 Å². The Labute approximate surface area is 109 Å². The van der Waals surface area contributed by atoms with Crippen LogP contribution in [-0.2, 0) is 19.2 Å². The summed E-state index contributed by atoms with van der Waals surface area (Å²) in [7, 11) is 1.82. The van der Waals surface area contributed by atoms with E-state index in [1.54, 1.807) is 4.57 Å². The number of hydrogen-bond acceptors (Lipinski definition) is 7. The fourth-order valence-corrected chi connectivity index (χ4v) is 2.13. The van der Waals surface area contributed by atoms with Gasteiger partial charge in [0.25, 0.3) is 0 Å². The molecule has 0 atom stereocenters. The van der Waals surface area contributed by atoms with Crippen molar-refractivity contribution in [1.29, 1.82) is 0 Å². The van der Waals surface area contributed by atoms with E-state index in [2.05, 4.69) is 34.2 Å². The lowest BCUT2D eigenvalue weighted by Gasteiger charge is -1.98. The molecular formula is C10H16N6OS. The van der Waals surface area contributed by atoms with Crippen molar-refractivity contribution in [3.8, 4) is 0 Å². The largest absolute Gasteiger partial charge is 0.368 e. The Morgan fingerprint density at radius 2 is 2.17 bits per heavy atom. The highest BCUT2D eigenvalue weighted by molar-refractivity contribution is 7.98. The van der Waals surface area contributed by atoms with Gasteiger partial charge in [-0.3, -0.25) is 4.57 Å². The van der Waals surface area contributed by atoms with E-state index >= 15 is 0 Å². The summed E-state index contributed by atoms with van der Waals surface area (Å²) in [6.07, 6.45) is 0.824. The second-order valence-electron chi connectivity index (χ2n) is 4.39. The summed E-state index contributed by atoms with van der Waals surface area (Å²) in [5.41, 5.74) is 5.59. The molecule has 0 aromatic carbocycles. The lowest BCUT2D eigenvalue weighted by atomic mass is 10.1. The summed E-state index contributed by atoms with van der Waals surface area (Å²) in [6, 6.07) is 0. The third-order valence-corrected chi connectivity index (χ3v) is 3.30. The van der Waals surface area contributed by atoms with Crippen molar-refractivity contribution >= 4 is 17.7 Å². The average Bonchev–Trinajstić information content (AvgIpc) is 2.86. The maximum Gasteiger partial charge on any atom is 0.237 e. The minimum atomic E-state index is 0.392. The molecule has 0 unspecified atom stereocenters. The molecule has 2 N–H and O–H groups in total. The number of hydrogen-bond donors (Lipinski definition) is 1. The van der Waals surface area contributed by atoms with Crippen LogP contribution in [0.25, 0.3) is 0 Å². The monoisotopic (exact) mass is 268 g/mol. The van der Waals surface area contributed by atoms with Gasteiger partial charge in [0.05, 0.1) is 5.75 Å². The zero-order valence-corrected chi connectivity index (χ0v) is 11.4. The highest BCUT2D eigenvalue weighted by Crippen LogP contribution is 2.20. The summed E-state index contributed by atoms with van der Waals surface area (Å²) in [6.45, 7) is 4.24. The second-order valence-corrected chi connectivity index (χ2v) is 5.33. The Kier molecular flexibility index (Phi) is 3.85. The first kappa shape index (κ1) is 12.9. The molecular weight excluding hydrogens is 252 g/mol. The molecule has 0 spiro atoms. The quantitative estimate of drug-likeness (QED) is 0.816. The van der Waals surface area contributed by atoms with Gasteiger partial charge in [0, 0.05) is 13.5 Å². The highest BCUT2D eigenvalue weighted by atomic mass is 32.2. The van der Waals surface area contributed by atoms with Crippen molar-refractivity contribution in [2.45, 2.75) is 31.2 Å². The highest BCUT2D eigenvalue weighted by Gasteiger charge is 2.11. The van der Waals surface area contributed by atoms with Crippen LogP contribution in [-0.4, -0.2) is 24.9 Å². The Morgan fingerprint density at radius 3 is 2.78 bits per heavy atom. The van der Waals surface area contributed by atoms with Gasteiger partial charge in [-0.25, -0.2) is 0 Å². The molecule has 2 rings (SSSR count). The van der Waals surface area contributed by atoms with E-state index in [1.165, 1.54) is 11.8 Å². The minimum Gasteiger partial charge on any atom is -0.368 e. The summed E-state index contributed by atoms with van der Waals surface area (Å²) in [4.78, 5) is 4.31. The smallest absolute Gasteiger partial charge is 0.237 e. The van der Waals surface area contributed by atoms with E-state index < -0.39 is 0 Å². The number of rotatable bonds is 5. The molecule has 0 radical (unpaired) electrons. The Bertz CT molecular complexity index is 520. The summed E-state index contributed by atoms with van der Waals surface area (Å²) in [5, 5.41) is 12.4. The number of aromatic nitrogens is 5. The normalized spacial score (nSPS) is 11.3. The van der Waals surface area contributed by atoms with Crippen molar-refractivity contribution in [3.63, 3.8) is 0 Å². The molecule has 8 heteroatoms. The minimum absolute atomic E-state index is 0.392. The number of thioether (sulfide) groups is 1. The van der Waals surface area contributed by atoms with Gasteiger partial charge in [-0.15, -0.1) is 10.2 Å². The van der Waals surface area contributed by atoms with Gasteiger partial charge in [0.2, 0.25) is 11.8 Å². The van der Waals surface area contributed by atoms with Crippen molar-refractivity contribution in [1.82, 2.24) is 24.9 Å². The van der Waals surface area contributed by atoms with Crippen molar-refractivity contribution < 1.29 is 4.52 Å². The zero-order valence-electron chi connectivity index (χ0n) is 10.6. The van der Waals surface area contributed by atoms with E-state index in [9.17, 15) is 0 Å². The second kappa shape index (κ2) is 5.38.